The number of aromatic nitrogens is 3. The number of hydrogen-bond donors (Lipinski definition) is 1. The second kappa shape index (κ2) is 6.48. The van der Waals surface area contributed by atoms with Gasteiger partial charge in [0, 0.05) is 6.54 Å². The van der Waals surface area contributed by atoms with E-state index in [0.29, 0.717) is 0 Å². The Morgan fingerprint density at radius 3 is 2.89 bits per heavy atom. The summed E-state index contributed by atoms with van der Waals surface area (Å²) in [5, 5.41) is 11.7. The Morgan fingerprint density at radius 1 is 1.26 bits per heavy atom. The minimum absolute atomic E-state index is 0.786. The molecule has 0 aliphatic heterocycles. The van der Waals surface area contributed by atoms with Crippen molar-refractivity contribution in [3.63, 3.8) is 0 Å². The van der Waals surface area contributed by atoms with E-state index in [9.17, 15) is 0 Å². The number of rotatable bonds is 6. The van der Waals surface area contributed by atoms with Gasteiger partial charge in [0.25, 0.3) is 0 Å². The van der Waals surface area contributed by atoms with Gasteiger partial charge in [-0.2, -0.15) is 0 Å². The summed E-state index contributed by atoms with van der Waals surface area (Å²) >= 11 is 0. The van der Waals surface area contributed by atoms with Gasteiger partial charge in [-0.3, -0.25) is 0 Å². The maximum absolute atomic E-state index is 4.19. The fourth-order valence-corrected chi connectivity index (χ4v) is 2.04. The molecule has 2 aromatic rings. The van der Waals surface area contributed by atoms with E-state index in [4.69, 9.17) is 0 Å². The highest BCUT2D eigenvalue weighted by Crippen LogP contribution is 2.12. The third kappa shape index (κ3) is 3.89. The molecule has 102 valence electrons. The fraction of sp³-hybridized carbons (Fsp3) is 0.467. The standard InChI is InChI=1S/C15H22N4/c1-4-7-16-9-15-11-19(18-17-15)10-14-8-12(2)5-6-13(14)3/h5-6,8,11,16H,4,7,9-10H2,1-3H3. The van der Waals surface area contributed by atoms with Gasteiger partial charge in [0.15, 0.2) is 0 Å². The summed E-state index contributed by atoms with van der Waals surface area (Å²) in [5.74, 6) is 0. The molecule has 4 heteroatoms. The van der Waals surface area contributed by atoms with E-state index in [1.54, 1.807) is 0 Å². The molecule has 0 saturated heterocycles. The number of nitrogens with zero attached hydrogens (tertiary/aromatic N) is 3. The maximum atomic E-state index is 4.19. The maximum Gasteiger partial charge on any atom is 0.0964 e. The first-order valence-electron chi connectivity index (χ1n) is 6.85. The van der Waals surface area contributed by atoms with Crippen LogP contribution < -0.4 is 5.32 Å². The van der Waals surface area contributed by atoms with Gasteiger partial charge in [0.2, 0.25) is 0 Å². The molecule has 1 aromatic heterocycles. The lowest BCUT2D eigenvalue weighted by molar-refractivity contribution is 0.643. The van der Waals surface area contributed by atoms with Crippen molar-refractivity contribution >= 4 is 0 Å². The molecule has 0 spiro atoms. The third-order valence-corrected chi connectivity index (χ3v) is 3.16. The lowest BCUT2D eigenvalue weighted by Crippen LogP contribution is -2.13. The summed E-state index contributed by atoms with van der Waals surface area (Å²) in [4.78, 5) is 0. The van der Waals surface area contributed by atoms with Crippen molar-refractivity contribution in [3.8, 4) is 0 Å². The van der Waals surface area contributed by atoms with Crippen molar-refractivity contribution in [1.82, 2.24) is 20.3 Å². The largest absolute Gasteiger partial charge is 0.311 e. The van der Waals surface area contributed by atoms with E-state index in [0.717, 1.165) is 31.7 Å². The van der Waals surface area contributed by atoms with Crippen LogP contribution in [0.15, 0.2) is 24.4 Å². The Bertz CT molecular complexity index is 531. The molecule has 4 nitrogen and oxygen atoms in total. The van der Waals surface area contributed by atoms with Crippen molar-refractivity contribution in [1.29, 1.82) is 0 Å². The van der Waals surface area contributed by atoms with Gasteiger partial charge in [-0.15, -0.1) is 5.10 Å². The highest BCUT2D eigenvalue weighted by atomic mass is 15.4. The first-order valence-corrected chi connectivity index (χ1v) is 6.85. The molecule has 0 aliphatic carbocycles. The Hall–Kier alpha value is -1.68. The van der Waals surface area contributed by atoms with Gasteiger partial charge in [0.05, 0.1) is 18.4 Å². The monoisotopic (exact) mass is 258 g/mol. The van der Waals surface area contributed by atoms with Gasteiger partial charge in [-0.25, -0.2) is 4.68 Å². The Labute approximate surface area is 114 Å². The quantitative estimate of drug-likeness (QED) is 0.809. The van der Waals surface area contributed by atoms with Gasteiger partial charge in [0.1, 0.15) is 0 Å². The fourth-order valence-electron chi connectivity index (χ4n) is 2.04. The van der Waals surface area contributed by atoms with E-state index in [1.807, 2.05) is 10.9 Å². The minimum atomic E-state index is 0.786. The molecule has 19 heavy (non-hydrogen) atoms. The van der Waals surface area contributed by atoms with Crippen LogP contribution in [0, 0.1) is 13.8 Å². The van der Waals surface area contributed by atoms with Crippen LogP contribution in [0.25, 0.3) is 0 Å². The van der Waals surface area contributed by atoms with Crippen molar-refractivity contribution in [3.05, 3.63) is 46.8 Å². The highest BCUT2D eigenvalue weighted by molar-refractivity contribution is 5.30. The second-order valence-corrected chi connectivity index (χ2v) is 5.01. The van der Waals surface area contributed by atoms with Gasteiger partial charge >= 0.3 is 0 Å². The SMILES string of the molecule is CCCNCc1cn(Cc2cc(C)ccc2C)nn1. The molecule has 0 saturated carbocycles. The molecule has 1 N–H and O–H groups in total. The number of aryl methyl sites for hydroxylation is 2. The second-order valence-electron chi connectivity index (χ2n) is 5.01. The minimum Gasteiger partial charge on any atom is -0.311 e. The van der Waals surface area contributed by atoms with Gasteiger partial charge in [-0.05, 0) is 37.9 Å². The molecule has 0 fully saturated rings. The molecule has 0 aliphatic rings. The van der Waals surface area contributed by atoms with E-state index in [-0.39, 0.29) is 0 Å². The lowest BCUT2D eigenvalue weighted by Gasteiger charge is -2.06. The number of benzene rings is 1. The molecule has 1 heterocycles. The first kappa shape index (κ1) is 13.7. The molecule has 0 atom stereocenters. The van der Waals surface area contributed by atoms with Crippen molar-refractivity contribution < 1.29 is 0 Å². The molecular formula is C15H22N4. The average molecular weight is 258 g/mol. The summed E-state index contributed by atoms with van der Waals surface area (Å²) in [6.45, 7) is 9.00. The van der Waals surface area contributed by atoms with Gasteiger partial charge in [-0.1, -0.05) is 35.9 Å². The van der Waals surface area contributed by atoms with E-state index in [1.165, 1.54) is 16.7 Å². The molecule has 2 rings (SSSR count). The van der Waals surface area contributed by atoms with E-state index >= 15 is 0 Å². The summed E-state index contributed by atoms with van der Waals surface area (Å²) in [5.41, 5.74) is 4.88. The van der Waals surface area contributed by atoms with Crippen LogP contribution in [0.3, 0.4) is 0 Å². The zero-order chi connectivity index (χ0) is 13.7. The van der Waals surface area contributed by atoms with Gasteiger partial charge < -0.3 is 5.32 Å². The smallest absolute Gasteiger partial charge is 0.0964 e. The van der Waals surface area contributed by atoms with E-state index in [2.05, 4.69) is 54.6 Å². The van der Waals surface area contributed by atoms with Crippen LogP contribution >= 0.6 is 0 Å². The molecule has 0 amide bonds. The predicted molar refractivity (Wildman–Crippen MR) is 77.0 cm³/mol. The van der Waals surface area contributed by atoms with Crippen LogP contribution in [-0.4, -0.2) is 21.5 Å². The summed E-state index contributed by atoms with van der Waals surface area (Å²) in [6.07, 6.45) is 3.15. The first-order chi connectivity index (χ1) is 9.19. The third-order valence-electron chi connectivity index (χ3n) is 3.16. The topological polar surface area (TPSA) is 42.7 Å². The molecule has 1 aromatic carbocycles. The number of nitrogens with one attached hydrogen (secondary N) is 1. The lowest BCUT2D eigenvalue weighted by atomic mass is 10.1. The van der Waals surface area contributed by atoms with Crippen LogP contribution in [0.4, 0.5) is 0 Å². The zero-order valence-corrected chi connectivity index (χ0v) is 12.0. The molecule has 0 unspecified atom stereocenters. The van der Waals surface area contributed by atoms with Crippen molar-refractivity contribution in [2.75, 3.05) is 6.54 Å². The number of hydrogen-bond acceptors (Lipinski definition) is 3. The van der Waals surface area contributed by atoms with Crippen molar-refractivity contribution in [2.24, 2.45) is 0 Å². The molecular weight excluding hydrogens is 236 g/mol. The summed E-state index contributed by atoms with van der Waals surface area (Å²) in [7, 11) is 0. The molecule has 0 bridgehead atoms. The summed E-state index contributed by atoms with van der Waals surface area (Å²) in [6, 6.07) is 6.51. The normalized spacial score (nSPS) is 10.9. The van der Waals surface area contributed by atoms with Crippen molar-refractivity contribution in [2.45, 2.75) is 40.3 Å². The predicted octanol–water partition coefficient (Wildman–Crippen LogP) is 2.44. The van der Waals surface area contributed by atoms with E-state index < -0.39 is 0 Å². The average Bonchev–Trinajstić information content (AvgIpc) is 2.82. The Balaban J connectivity index is 2.01. The zero-order valence-electron chi connectivity index (χ0n) is 12.0. The highest BCUT2D eigenvalue weighted by Gasteiger charge is 2.03. The molecule has 0 radical (unpaired) electrons. The van der Waals surface area contributed by atoms with Crippen LogP contribution in [-0.2, 0) is 13.1 Å². The van der Waals surface area contributed by atoms with Crippen LogP contribution in [0.5, 0.6) is 0 Å². The van der Waals surface area contributed by atoms with Crippen LogP contribution in [0.2, 0.25) is 0 Å². The Kier molecular flexibility index (Phi) is 4.68. The summed E-state index contributed by atoms with van der Waals surface area (Å²) < 4.78 is 1.91. The van der Waals surface area contributed by atoms with Crippen LogP contribution in [0.1, 0.15) is 35.7 Å². The Morgan fingerprint density at radius 2 is 2.11 bits per heavy atom.